The lowest BCUT2D eigenvalue weighted by Gasteiger charge is -2.14. The van der Waals surface area contributed by atoms with Gasteiger partial charge in [0.25, 0.3) is 0 Å². The second-order valence-corrected chi connectivity index (χ2v) is 6.77. The van der Waals surface area contributed by atoms with Gasteiger partial charge in [0.05, 0.1) is 16.2 Å². The molecule has 0 saturated carbocycles. The van der Waals surface area contributed by atoms with Crippen LogP contribution in [0.15, 0.2) is 40.9 Å². The lowest BCUT2D eigenvalue weighted by molar-refractivity contribution is 0.0556. The quantitative estimate of drug-likeness (QED) is 0.334. The molecule has 6 heteroatoms. The number of carbonyl (C=O) groups excluding carboxylic acids is 1. The lowest BCUT2D eigenvalue weighted by atomic mass is 10.2. The zero-order chi connectivity index (χ0) is 17.5. The number of halogens is 2. The average Bonchev–Trinajstić information content (AvgIpc) is 2.58. The number of hydrogen-bond acceptors (Lipinski definition) is 4. The van der Waals surface area contributed by atoms with Gasteiger partial charge in [-0.15, -0.1) is 6.42 Å². The molecule has 124 valence electrons. The van der Waals surface area contributed by atoms with E-state index in [1.165, 1.54) is 7.11 Å². The molecular formula is C18H14BrIO4. The number of terminal acetylenes is 1. The Morgan fingerprint density at radius 1 is 1.33 bits per heavy atom. The minimum atomic E-state index is -0.497. The molecule has 24 heavy (non-hydrogen) atoms. The molecule has 0 fully saturated rings. The molecule has 0 bridgehead atoms. The number of ether oxygens (including phenoxy) is 3. The number of esters is 1. The fourth-order valence-corrected chi connectivity index (χ4v) is 3.15. The molecule has 2 rings (SSSR count). The summed E-state index contributed by atoms with van der Waals surface area (Å²) in [6, 6.07) is 11.1. The van der Waals surface area contributed by atoms with Crippen molar-refractivity contribution in [2.45, 2.75) is 6.61 Å². The van der Waals surface area contributed by atoms with Crippen LogP contribution in [0.2, 0.25) is 0 Å². The van der Waals surface area contributed by atoms with Gasteiger partial charge < -0.3 is 14.2 Å². The lowest BCUT2D eigenvalue weighted by Crippen LogP contribution is -2.07. The van der Waals surface area contributed by atoms with E-state index in [2.05, 4.69) is 44.4 Å². The van der Waals surface area contributed by atoms with Crippen LogP contribution >= 0.6 is 38.5 Å². The van der Waals surface area contributed by atoms with Crippen molar-refractivity contribution in [2.24, 2.45) is 0 Å². The monoisotopic (exact) mass is 500 g/mol. The molecule has 0 atom stereocenters. The summed E-state index contributed by atoms with van der Waals surface area (Å²) in [5.74, 6) is 2.80. The van der Waals surface area contributed by atoms with E-state index in [0.29, 0.717) is 23.7 Å². The molecule has 0 aromatic heterocycles. The maximum Gasteiger partial charge on any atom is 0.339 e. The first-order chi connectivity index (χ1) is 11.5. The van der Waals surface area contributed by atoms with Gasteiger partial charge in [-0.2, -0.15) is 0 Å². The minimum Gasteiger partial charge on any atom is -0.493 e. The van der Waals surface area contributed by atoms with Gasteiger partial charge in [-0.25, -0.2) is 4.79 Å². The Morgan fingerprint density at radius 2 is 2.12 bits per heavy atom. The Balaban J connectivity index is 2.21. The molecule has 2 aromatic rings. The van der Waals surface area contributed by atoms with Crippen LogP contribution in [0.1, 0.15) is 15.9 Å². The Hall–Kier alpha value is -1.72. The Kier molecular flexibility index (Phi) is 6.94. The fourth-order valence-electron chi connectivity index (χ4n) is 1.95. The predicted octanol–water partition coefficient (Wildman–Crippen LogP) is 4.43. The zero-order valence-corrected chi connectivity index (χ0v) is 16.6. The standard InChI is InChI=1S/C18H14BrIO4/c1-3-7-23-18(21)13-9-15(20)17(16(10-13)22-2)24-11-12-5-4-6-14(19)8-12/h1,4-6,8-10H,7,11H2,2H3. The van der Waals surface area contributed by atoms with Crippen LogP contribution in [0.25, 0.3) is 0 Å². The van der Waals surface area contributed by atoms with E-state index in [4.69, 9.17) is 20.6 Å². The summed E-state index contributed by atoms with van der Waals surface area (Å²) in [4.78, 5) is 11.9. The van der Waals surface area contributed by atoms with Gasteiger partial charge in [-0.05, 0) is 52.4 Å². The van der Waals surface area contributed by atoms with Crippen molar-refractivity contribution in [1.82, 2.24) is 0 Å². The number of benzene rings is 2. The molecule has 0 unspecified atom stereocenters. The van der Waals surface area contributed by atoms with Crippen molar-refractivity contribution in [3.05, 3.63) is 55.6 Å². The molecule has 0 aliphatic rings. The molecule has 0 radical (unpaired) electrons. The Labute approximate surface area is 162 Å². The normalized spacial score (nSPS) is 9.92. The third-order valence-electron chi connectivity index (χ3n) is 3.02. The first-order valence-electron chi connectivity index (χ1n) is 6.90. The van der Waals surface area contributed by atoms with Gasteiger partial charge in [0.2, 0.25) is 0 Å². The van der Waals surface area contributed by atoms with Crippen molar-refractivity contribution in [2.75, 3.05) is 13.7 Å². The highest BCUT2D eigenvalue weighted by molar-refractivity contribution is 14.1. The topological polar surface area (TPSA) is 44.8 Å². The summed E-state index contributed by atoms with van der Waals surface area (Å²) in [5.41, 5.74) is 1.38. The van der Waals surface area contributed by atoms with E-state index in [1.54, 1.807) is 12.1 Å². The molecule has 0 saturated heterocycles. The average molecular weight is 501 g/mol. The molecule has 4 nitrogen and oxygen atoms in total. The van der Waals surface area contributed by atoms with Crippen LogP contribution in [-0.2, 0) is 11.3 Å². The van der Waals surface area contributed by atoms with E-state index in [-0.39, 0.29) is 6.61 Å². The number of methoxy groups -OCH3 is 1. The van der Waals surface area contributed by atoms with Crippen molar-refractivity contribution >= 4 is 44.5 Å². The summed E-state index contributed by atoms with van der Waals surface area (Å²) in [6.45, 7) is 0.311. The fraction of sp³-hybridized carbons (Fsp3) is 0.167. The summed E-state index contributed by atoms with van der Waals surface area (Å²) in [5, 5.41) is 0. The van der Waals surface area contributed by atoms with Crippen LogP contribution in [-0.4, -0.2) is 19.7 Å². The van der Waals surface area contributed by atoms with Crippen molar-refractivity contribution < 1.29 is 19.0 Å². The second kappa shape index (κ2) is 8.94. The number of rotatable bonds is 6. The second-order valence-electron chi connectivity index (χ2n) is 4.69. The van der Waals surface area contributed by atoms with E-state index in [0.717, 1.165) is 13.6 Å². The van der Waals surface area contributed by atoms with Gasteiger partial charge in [0.1, 0.15) is 6.61 Å². The smallest absolute Gasteiger partial charge is 0.339 e. The van der Waals surface area contributed by atoms with Gasteiger partial charge >= 0.3 is 5.97 Å². The summed E-state index contributed by atoms with van der Waals surface area (Å²) in [7, 11) is 1.52. The first-order valence-corrected chi connectivity index (χ1v) is 8.77. The van der Waals surface area contributed by atoms with Crippen molar-refractivity contribution in [3.63, 3.8) is 0 Å². The maximum atomic E-state index is 11.9. The molecule has 0 N–H and O–H groups in total. The summed E-state index contributed by atoms with van der Waals surface area (Å²) < 4.78 is 17.9. The molecule has 0 aliphatic heterocycles. The van der Waals surface area contributed by atoms with Crippen LogP contribution in [0, 0.1) is 15.9 Å². The van der Waals surface area contributed by atoms with E-state index in [1.807, 2.05) is 24.3 Å². The van der Waals surface area contributed by atoms with Crippen LogP contribution in [0.4, 0.5) is 0 Å². The van der Waals surface area contributed by atoms with Crippen LogP contribution in [0.5, 0.6) is 11.5 Å². The highest BCUT2D eigenvalue weighted by Gasteiger charge is 2.16. The number of hydrogen-bond donors (Lipinski definition) is 0. The molecule has 0 amide bonds. The maximum absolute atomic E-state index is 11.9. The molecule has 0 heterocycles. The molecule has 2 aromatic carbocycles. The summed E-state index contributed by atoms with van der Waals surface area (Å²) >= 11 is 5.52. The van der Waals surface area contributed by atoms with Gasteiger partial charge in [-0.1, -0.05) is 34.0 Å². The molecule has 0 aliphatic carbocycles. The number of carbonyl (C=O) groups is 1. The van der Waals surface area contributed by atoms with Crippen LogP contribution < -0.4 is 9.47 Å². The van der Waals surface area contributed by atoms with E-state index in [9.17, 15) is 4.79 Å². The zero-order valence-electron chi connectivity index (χ0n) is 12.8. The Bertz CT molecular complexity index is 783. The van der Waals surface area contributed by atoms with E-state index >= 15 is 0 Å². The van der Waals surface area contributed by atoms with Gasteiger partial charge in [0.15, 0.2) is 18.1 Å². The third kappa shape index (κ3) is 4.89. The van der Waals surface area contributed by atoms with Crippen LogP contribution in [0.3, 0.4) is 0 Å². The molecular weight excluding hydrogens is 487 g/mol. The van der Waals surface area contributed by atoms with Gasteiger partial charge in [-0.3, -0.25) is 0 Å². The third-order valence-corrected chi connectivity index (χ3v) is 4.32. The predicted molar refractivity (Wildman–Crippen MR) is 103 cm³/mol. The van der Waals surface area contributed by atoms with Crippen molar-refractivity contribution in [3.8, 4) is 23.8 Å². The first kappa shape index (κ1) is 18.6. The summed E-state index contributed by atoms with van der Waals surface area (Å²) in [6.07, 6.45) is 5.09. The highest BCUT2D eigenvalue weighted by atomic mass is 127. The van der Waals surface area contributed by atoms with Gasteiger partial charge in [0, 0.05) is 4.47 Å². The Morgan fingerprint density at radius 3 is 2.79 bits per heavy atom. The minimum absolute atomic E-state index is 0.0706. The van der Waals surface area contributed by atoms with E-state index < -0.39 is 5.97 Å². The largest absolute Gasteiger partial charge is 0.493 e. The molecule has 0 spiro atoms. The highest BCUT2D eigenvalue weighted by Crippen LogP contribution is 2.34. The van der Waals surface area contributed by atoms with Crippen molar-refractivity contribution in [1.29, 1.82) is 0 Å². The SMILES string of the molecule is C#CCOC(=O)c1cc(I)c(OCc2cccc(Br)c2)c(OC)c1.